The number of rotatable bonds is 5. The summed E-state index contributed by atoms with van der Waals surface area (Å²) in [7, 11) is 0. The van der Waals surface area contributed by atoms with E-state index in [9.17, 15) is 4.79 Å². The fraction of sp³-hybridized carbons (Fsp3) is 0.200. The van der Waals surface area contributed by atoms with Crippen LogP contribution in [0.5, 0.6) is 0 Å². The van der Waals surface area contributed by atoms with Gasteiger partial charge < -0.3 is 10.6 Å². The van der Waals surface area contributed by atoms with Crippen LogP contribution >= 0.6 is 23.2 Å². The van der Waals surface area contributed by atoms with Crippen LogP contribution in [-0.4, -0.2) is 17.4 Å². The van der Waals surface area contributed by atoms with Crippen LogP contribution in [0.3, 0.4) is 0 Å². The molecule has 1 heterocycles. The van der Waals surface area contributed by atoms with Gasteiger partial charge in [0.05, 0.1) is 28.2 Å². The Labute approximate surface area is 133 Å². The standard InChI is InChI=1S/C15H15Cl2N3O/c1-2-6-19-14-9-18-7-5-11(14)15(21)20-13-4-3-10(16)8-12(13)17/h3-5,7-9,19H,2,6H2,1H3,(H,20,21). The maximum Gasteiger partial charge on any atom is 0.257 e. The van der Waals surface area contributed by atoms with E-state index >= 15 is 0 Å². The molecule has 0 aliphatic heterocycles. The second-order valence-electron chi connectivity index (χ2n) is 4.43. The first-order valence-corrected chi connectivity index (χ1v) is 7.31. The minimum Gasteiger partial charge on any atom is -0.383 e. The lowest BCUT2D eigenvalue weighted by Crippen LogP contribution is -2.15. The molecule has 0 spiro atoms. The first-order chi connectivity index (χ1) is 10.1. The molecule has 0 saturated heterocycles. The van der Waals surface area contributed by atoms with E-state index in [0.29, 0.717) is 27.0 Å². The fourth-order valence-electron chi connectivity index (χ4n) is 1.77. The SMILES string of the molecule is CCCNc1cnccc1C(=O)Nc1ccc(Cl)cc1Cl. The third-order valence-corrected chi connectivity index (χ3v) is 3.36. The van der Waals surface area contributed by atoms with Gasteiger partial charge in [0.25, 0.3) is 5.91 Å². The van der Waals surface area contributed by atoms with Gasteiger partial charge in [0, 0.05) is 17.8 Å². The van der Waals surface area contributed by atoms with Crippen molar-refractivity contribution >= 4 is 40.5 Å². The summed E-state index contributed by atoms with van der Waals surface area (Å²) in [5.74, 6) is -0.250. The van der Waals surface area contributed by atoms with E-state index in [1.54, 1.807) is 36.7 Å². The minimum atomic E-state index is -0.250. The fourth-order valence-corrected chi connectivity index (χ4v) is 2.23. The Morgan fingerprint density at radius 3 is 2.76 bits per heavy atom. The zero-order valence-corrected chi connectivity index (χ0v) is 13.0. The van der Waals surface area contributed by atoms with Crippen molar-refractivity contribution in [3.63, 3.8) is 0 Å². The molecule has 4 nitrogen and oxygen atoms in total. The van der Waals surface area contributed by atoms with Crippen LogP contribution in [0.15, 0.2) is 36.7 Å². The molecule has 1 amide bonds. The summed E-state index contributed by atoms with van der Waals surface area (Å²) in [5, 5.41) is 6.87. The third-order valence-electron chi connectivity index (χ3n) is 2.81. The van der Waals surface area contributed by atoms with Gasteiger partial charge in [-0.05, 0) is 30.7 Å². The van der Waals surface area contributed by atoms with Gasteiger partial charge in [-0.25, -0.2) is 0 Å². The van der Waals surface area contributed by atoms with Crippen molar-refractivity contribution in [2.24, 2.45) is 0 Å². The normalized spacial score (nSPS) is 10.2. The summed E-state index contributed by atoms with van der Waals surface area (Å²) in [6, 6.07) is 6.59. The van der Waals surface area contributed by atoms with Crippen LogP contribution in [0.25, 0.3) is 0 Å². The lowest BCUT2D eigenvalue weighted by Gasteiger charge is -2.12. The van der Waals surface area contributed by atoms with E-state index in [4.69, 9.17) is 23.2 Å². The highest BCUT2D eigenvalue weighted by Crippen LogP contribution is 2.26. The molecule has 1 aromatic heterocycles. The molecule has 0 unspecified atom stereocenters. The van der Waals surface area contributed by atoms with E-state index in [1.165, 1.54) is 0 Å². The van der Waals surface area contributed by atoms with E-state index in [0.717, 1.165) is 13.0 Å². The molecule has 110 valence electrons. The van der Waals surface area contributed by atoms with Crippen LogP contribution < -0.4 is 10.6 Å². The predicted molar refractivity (Wildman–Crippen MR) is 87.4 cm³/mol. The molecule has 6 heteroatoms. The van der Waals surface area contributed by atoms with Gasteiger partial charge in [0.1, 0.15) is 0 Å². The van der Waals surface area contributed by atoms with Crippen molar-refractivity contribution < 1.29 is 4.79 Å². The number of benzene rings is 1. The molecule has 0 bridgehead atoms. The van der Waals surface area contributed by atoms with Crippen LogP contribution in [0, 0.1) is 0 Å². The smallest absolute Gasteiger partial charge is 0.257 e. The number of amides is 1. The van der Waals surface area contributed by atoms with E-state index in [2.05, 4.69) is 22.5 Å². The summed E-state index contributed by atoms with van der Waals surface area (Å²) in [6.45, 7) is 2.82. The number of hydrogen-bond donors (Lipinski definition) is 2. The Morgan fingerprint density at radius 2 is 2.05 bits per heavy atom. The number of anilines is 2. The zero-order chi connectivity index (χ0) is 15.2. The number of nitrogens with zero attached hydrogens (tertiary/aromatic N) is 1. The number of carbonyl (C=O) groups is 1. The largest absolute Gasteiger partial charge is 0.383 e. The molecule has 0 saturated carbocycles. The first-order valence-electron chi connectivity index (χ1n) is 6.56. The van der Waals surface area contributed by atoms with Gasteiger partial charge in [0.2, 0.25) is 0 Å². The summed E-state index contributed by atoms with van der Waals surface area (Å²) < 4.78 is 0. The number of nitrogens with one attached hydrogen (secondary N) is 2. The third kappa shape index (κ3) is 4.09. The Bertz CT molecular complexity index is 647. The average Bonchev–Trinajstić information content (AvgIpc) is 2.48. The van der Waals surface area contributed by atoms with Crippen molar-refractivity contribution in [2.75, 3.05) is 17.2 Å². The highest BCUT2D eigenvalue weighted by atomic mass is 35.5. The van der Waals surface area contributed by atoms with Crippen LogP contribution in [-0.2, 0) is 0 Å². The van der Waals surface area contributed by atoms with Crippen molar-refractivity contribution in [2.45, 2.75) is 13.3 Å². The molecule has 0 fully saturated rings. The van der Waals surface area contributed by atoms with Gasteiger partial charge in [-0.3, -0.25) is 9.78 Å². The Kier molecular flexibility index (Phi) is 5.42. The van der Waals surface area contributed by atoms with Crippen molar-refractivity contribution in [1.29, 1.82) is 0 Å². The van der Waals surface area contributed by atoms with Gasteiger partial charge in [0.15, 0.2) is 0 Å². The topological polar surface area (TPSA) is 54.0 Å². The maximum atomic E-state index is 12.4. The molecule has 0 radical (unpaired) electrons. The number of halogens is 2. The zero-order valence-electron chi connectivity index (χ0n) is 11.5. The molecular weight excluding hydrogens is 309 g/mol. The average molecular weight is 324 g/mol. The van der Waals surface area contributed by atoms with E-state index in [1.807, 2.05) is 0 Å². The molecule has 2 aromatic rings. The summed E-state index contributed by atoms with van der Waals surface area (Å²) in [6.07, 6.45) is 4.17. The van der Waals surface area contributed by atoms with E-state index in [-0.39, 0.29) is 5.91 Å². The monoisotopic (exact) mass is 323 g/mol. The molecule has 21 heavy (non-hydrogen) atoms. The summed E-state index contributed by atoms with van der Waals surface area (Å²) in [5.41, 5.74) is 1.73. The second-order valence-corrected chi connectivity index (χ2v) is 5.27. The molecule has 0 aliphatic carbocycles. The van der Waals surface area contributed by atoms with Gasteiger partial charge in [-0.15, -0.1) is 0 Å². The highest BCUT2D eigenvalue weighted by Gasteiger charge is 2.13. The summed E-state index contributed by atoms with van der Waals surface area (Å²) in [4.78, 5) is 16.4. The molecule has 0 atom stereocenters. The number of carbonyl (C=O) groups excluding carboxylic acids is 1. The number of aromatic nitrogens is 1. The number of pyridine rings is 1. The Morgan fingerprint density at radius 1 is 1.24 bits per heavy atom. The number of hydrogen-bond acceptors (Lipinski definition) is 3. The van der Waals surface area contributed by atoms with Gasteiger partial charge >= 0.3 is 0 Å². The Balaban J connectivity index is 2.20. The molecule has 2 rings (SSSR count). The molecule has 1 aromatic carbocycles. The quantitative estimate of drug-likeness (QED) is 0.853. The van der Waals surface area contributed by atoms with Crippen molar-refractivity contribution in [3.05, 3.63) is 52.3 Å². The first kappa shape index (κ1) is 15.6. The van der Waals surface area contributed by atoms with Gasteiger partial charge in [-0.1, -0.05) is 30.1 Å². The van der Waals surface area contributed by atoms with Crippen LogP contribution in [0.2, 0.25) is 10.0 Å². The van der Waals surface area contributed by atoms with Gasteiger partial charge in [-0.2, -0.15) is 0 Å². The van der Waals surface area contributed by atoms with Crippen molar-refractivity contribution in [1.82, 2.24) is 4.98 Å². The summed E-state index contributed by atoms with van der Waals surface area (Å²) >= 11 is 11.9. The molecular formula is C15H15Cl2N3O. The molecule has 2 N–H and O–H groups in total. The predicted octanol–water partition coefficient (Wildman–Crippen LogP) is 4.46. The lowest BCUT2D eigenvalue weighted by atomic mass is 10.2. The maximum absolute atomic E-state index is 12.4. The molecule has 0 aliphatic rings. The van der Waals surface area contributed by atoms with E-state index < -0.39 is 0 Å². The highest BCUT2D eigenvalue weighted by molar-refractivity contribution is 6.36. The van der Waals surface area contributed by atoms with Crippen LogP contribution in [0.1, 0.15) is 23.7 Å². The van der Waals surface area contributed by atoms with Crippen molar-refractivity contribution in [3.8, 4) is 0 Å². The lowest BCUT2D eigenvalue weighted by molar-refractivity contribution is 0.102. The minimum absolute atomic E-state index is 0.250. The van der Waals surface area contributed by atoms with Crippen LogP contribution in [0.4, 0.5) is 11.4 Å². The second kappa shape index (κ2) is 7.29. The Hall–Kier alpha value is -1.78.